The second kappa shape index (κ2) is 10.9. The van der Waals surface area contributed by atoms with Crippen LogP contribution in [0.2, 0.25) is 5.28 Å². The molecule has 8 nitrogen and oxygen atoms in total. The van der Waals surface area contributed by atoms with Crippen molar-refractivity contribution in [3.8, 4) is 23.1 Å². The van der Waals surface area contributed by atoms with E-state index in [1.54, 1.807) is 43.3 Å². The summed E-state index contributed by atoms with van der Waals surface area (Å²) in [4.78, 5) is 19.7. The van der Waals surface area contributed by atoms with E-state index in [0.29, 0.717) is 29.2 Å². The minimum Gasteiger partial charge on any atom is -0.496 e. The summed E-state index contributed by atoms with van der Waals surface area (Å²) in [6.07, 6.45) is 2.34. The van der Waals surface area contributed by atoms with Gasteiger partial charge >= 0.3 is 0 Å². The third-order valence-electron chi connectivity index (χ3n) is 3.94. The Hall–Kier alpha value is -3.24. The molecular weight excluding hydrogens is 507 g/mol. The lowest BCUT2D eigenvalue weighted by atomic mass is 10.2. The molecule has 11 heteroatoms. The first-order chi connectivity index (χ1) is 15.4. The van der Waals surface area contributed by atoms with Crippen molar-refractivity contribution >= 4 is 39.7 Å². The standard InChI is InChI=1S/C21H17BrClFN4O4/c1-3-31-18-8-12(4-6-17(18)32-20-15(24)11-25-21(23)27-20)10-26-28-19(29)14-9-13(22)5-7-16(14)30-2/h4-11H,3H2,1-2H3,(H,28,29)/b26-10-. The molecule has 0 aliphatic carbocycles. The molecule has 3 rings (SSSR count). The first-order valence-corrected chi connectivity index (χ1v) is 10.4. The van der Waals surface area contributed by atoms with Gasteiger partial charge in [0.05, 0.1) is 31.7 Å². The molecule has 3 aromatic rings. The zero-order chi connectivity index (χ0) is 23.1. The molecular formula is C21H17BrClFN4O4. The molecule has 0 spiro atoms. The fourth-order valence-electron chi connectivity index (χ4n) is 2.55. The van der Waals surface area contributed by atoms with Crippen LogP contribution in [0.15, 0.2) is 52.2 Å². The predicted molar refractivity (Wildman–Crippen MR) is 120 cm³/mol. The molecule has 0 aliphatic rings. The molecule has 0 unspecified atom stereocenters. The molecule has 0 atom stereocenters. The van der Waals surface area contributed by atoms with Crippen LogP contribution in [-0.4, -0.2) is 35.8 Å². The van der Waals surface area contributed by atoms with E-state index in [1.165, 1.54) is 13.3 Å². The van der Waals surface area contributed by atoms with Crippen molar-refractivity contribution in [3.05, 3.63) is 69.3 Å². The van der Waals surface area contributed by atoms with Crippen LogP contribution in [0.4, 0.5) is 4.39 Å². The Morgan fingerprint density at radius 2 is 2.03 bits per heavy atom. The number of nitrogens with one attached hydrogen (secondary N) is 1. The molecule has 0 bridgehead atoms. The topological polar surface area (TPSA) is 94.9 Å². The Bertz CT molecular complexity index is 1160. The maximum absolute atomic E-state index is 13.9. The van der Waals surface area contributed by atoms with Crippen LogP contribution >= 0.6 is 27.5 Å². The van der Waals surface area contributed by atoms with E-state index in [9.17, 15) is 9.18 Å². The van der Waals surface area contributed by atoms with E-state index < -0.39 is 11.7 Å². The molecule has 1 amide bonds. The Kier molecular flexibility index (Phi) is 7.96. The van der Waals surface area contributed by atoms with Gasteiger partial charge < -0.3 is 14.2 Å². The second-order valence-corrected chi connectivity index (χ2v) is 7.33. The van der Waals surface area contributed by atoms with E-state index in [-0.39, 0.29) is 16.9 Å². The Balaban J connectivity index is 1.76. The van der Waals surface area contributed by atoms with Crippen molar-refractivity contribution in [1.29, 1.82) is 0 Å². The number of hydrazone groups is 1. The molecule has 0 saturated heterocycles. The summed E-state index contributed by atoms with van der Waals surface area (Å²) < 4.78 is 30.9. The molecule has 0 aliphatic heterocycles. The number of methoxy groups -OCH3 is 1. The second-order valence-electron chi connectivity index (χ2n) is 6.08. The van der Waals surface area contributed by atoms with Gasteiger partial charge in [-0.2, -0.15) is 14.5 Å². The molecule has 0 radical (unpaired) electrons. The van der Waals surface area contributed by atoms with Gasteiger partial charge in [-0.3, -0.25) is 4.79 Å². The summed E-state index contributed by atoms with van der Waals surface area (Å²) in [5, 5.41) is 3.82. The summed E-state index contributed by atoms with van der Waals surface area (Å²) in [6.45, 7) is 2.13. The number of carbonyl (C=O) groups is 1. The number of aromatic nitrogens is 2. The molecule has 1 aromatic heterocycles. The van der Waals surface area contributed by atoms with E-state index in [0.717, 1.165) is 10.7 Å². The summed E-state index contributed by atoms with van der Waals surface area (Å²) in [5.74, 6) is -0.583. The molecule has 0 saturated carbocycles. The molecule has 32 heavy (non-hydrogen) atoms. The van der Waals surface area contributed by atoms with Gasteiger partial charge in [-0.1, -0.05) is 15.9 Å². The smallest absolute Gasteiger partial charge is 0.275 e. The predicted octanol–water partition coefficient (Wildman–Crippen LogP) is 5.00. The van der Waals surface area contributed by atoms with Crippen molar-refractivity contribution in [1.82, 2.24) is 15.4 Å². The number of ether oxygens (including phenoxy) is 3. The van der Waals surface area contributed by atoms with Gasteiger partial charge in [0.2, 0.25) is 11.1 Å². The van der Waals surface area contributed by atoms with Gasteiger partial charge in [0.25, 0.3) is 11.8 Å². The fraction of sp³-hybridized carbons (Fsp3) is 0.143. The number of carbonyl (C=O) groups excluding carboxylic acids is 1. The first kappa shape index (κ1) is 23.4. The highest BCUT2D eigenvalue weighted by molar-refractivity contribution is 9.10. The Labute approximate surface area is 196 Å². The lowest BCUT2D eigenvalue weighted by Crippen LogP contribution is -2.18. The Morgan fingerprint density at radius 1 is 1.25 bits per heavy atom. The molecule has 1 N–H and O–H groups in total. The summed E-state index contributed by atoms with van der Waals surface area (Å²) in [5.41, 5.74) is 3.37. The van der Waals surface area contributed by atoms with E-state index in [2.05, 4.69) is 36.4 Å². The van der Waals surface area contributed by atoms with Crippen LogP contribution < -0.4 is 19.6 Å². The van der Waals surface area contributed by atoms with Gasteiger partial charge in [-0.25, -0.2) is 10.4 Å². The fourth-order valence-corrected chi connectivity index (χ4v) is 3.03. The van der Waals surface area contributed by atoms with E-state index >= 15 is 0 Å². The highest BCUT2D eigenvalue weighted by Gasteiger charge is 2.14. The maximum Gasteiger partial charge on any atom is 0.275 e. The molecule has 166 valence electrons. The SMILES string of the molecule is CCOc1cc(/C=N\NC(=O)c2cc(Br)ccc2OC)ccc1Oc1nc(Cl)ncc1F. The van der Waals surface area contributed by atoms with Crippen molar-refractivity contribution in [2.45, 2.75) is 6.92 Å². The average Bonchev–Trinajstić information content (AvgIpc) is 2.78. The molecule has 0 fully saturated rings. The lowest BCUT2D eigenvalue weighted by molar-refractivity contribution is 0.0952. The van der Waals surface area contributed by atoms with Crippen LogP contribution in [-0.2, 0) is 0 Å². The first-order valence-electron chi connectivity index (χ1n) is 9.21. The number of halogens is 3. The van der Waals surface area contributed by atoms with E-state index in [1.807, 2.05) is 0 Å². The van der Waals surface area contributed by atoms with Crippen LogP contribution in [0.5, 0.6) is 23.1 Å². The van der Waals surface area contributed by atoms with Gasteiger partial charge in [0.15, 0.2) is 11.5 Å². The van der Waals surface area contributed by atoms with Crippen LogP contribution in [0.1, 0.15) is 22.8 Å². The van der Waals surface area contributed by atoms with Crippen molar-refractivity contribution in [2.75, 3.05) is 13.7 Å². The van der Waals surface area contributed by atoms with Crippen LogP contribution in [0.3, 0.4) is 0 Å². The van der Waals surface area contributed by atoms with Gasteiger partial charge in [-0.15, -0.1) is 0 Å². The average molecular weight is 524 g/mol. The number of amides is 1. The third-order valence-corrected chi connectivity index (χ3v) is 4.62. The minimum atomic E-state index is -0.770. The summed E-state index contributed by atoms with van der Waals surface area (Å²) in [7, 11) is 1.48. The normalized spacial score (nSPS) is 10.8. The molecule has 2 aromatic carbocycles. The monoisotopic (exact) mass is 522 g/mol. The summed E-state index contributed by atoms with van der Waals surface area (Å²) >= 11 is 9.02. The molecule has 1 heterocycles. The minimum absolute atomic E-state index is 0.152. The summed E-state index contributed by atoms with van der Waals surface area (Å²) in [6, 6.07) is 9.88. The number of rotatable bonds is 8. The Morgan fingerprint density at radius 3 is 2.78 bits per heavy atom. The van der Waals surface area contributed by atoms with Crippen molar-refractivity contribution in [2.24, 2.45) is 5.10 Å². The largest absolute Gasteiger partial charge is 0.496 e. The lowest BCUT2D eigenvalue weighted by Gasteiger charge is -2.12. The third kappa shape index (κ3) is 5.92. The zero-order valence-electron chi connectivity index (χ0n) is 16.9. The number of nitrogens with zero attached hydrogens (tertiary/aromatic N) is 3. The van der Waals surface area contributed by atoms with Crippen LogP contribution in [0, 0.1) is 5.82 Å². The van der Waals surface area contributed by atoms with Crippen molar-refractivity contribution in [3.63, 3.8) is 0 Å². The van der Waals surface area contributed by atoms with Crippen LogP contribution in [0.25, 0.3) is 0 Å². The van der Waals surface area contributed by atoms with E-state index in [4.69, 9.17) is 25.8 Å². The van der Waals surface area contributed by atoms with Gasteiger partial charge in [0.1, 0.15) is 5.75 Å². The van der Waals surface area contributed by atoms with Gasteiger partial charge in [0, 0.05) is 4.47 Å². The number of benzene rings is 2. The van der Waals surface area contributed by atoms with Crippen molar-refractivity contribution < 1.29 is 23.4 Å². The zero-order valence-corrected chi connectivity index (χ0v) is 19.3. The highest BCUT2D eigenvalue weighted by Crippen LogP contribution is 2.33. The van der Waals surface area contributed by atoms with Gasteiger partial charge in [-0.05, 0) is 60.5 Å². The quantitative estimate of drug-likeness (QED) is 0.254. The number of hydrogen-bond acceptors (Lipinski definition) is 7. The highest BCUT2D eigenvalue weighted by atomic mass is 79.9. The maximum atomic E-state index is 13.9. The number of hydrogen-bond donors (Lipinski definition) is 1.